The van der Waals surface area contributed by atoms with E-state index in [0.717, 1.165) is 30.6 Å². The van der Waals surface area contributed by atoms with Gasteiger partial charge in [-0.1, -0.05) is 0 Å². The summed E-state index contributed by atoms with van der Waals surface area (Å²) in [4.78, 5) is 23.3. The summed E-state index contributed by atoms with van der Waals surface area (Å²) < 4.78 is 1.77. The summed E-state index contributed by atoms with van der Waals surface area (Å²) >= 11 is 0. The van der Waals surface area contributed by atoms with Crippen LogP contribution < -0.4 is 5.32 Å². The molecule has 7 nitrogen and oxygen atoms in total. The highest BCUT2D eigenvalue weighted by molar-refractivity contribution is 5.93. The fraction of sp³-hybridized carbons (Fsp3) is 0.467. The van der Waals surface area contributed by atoms with Crippen molar-refractivity contribution in [1.82, 2.24) is 24.6 Å². The number of aromatic nitrogens is 4. The van der Waals surface area contributed by atoms with Gasteiger partial charge in [-0.25, -0.2) is 9.97 Å². The van der Waals surface area contributed by atoms with Crippen LogP contribution in [-0.4, -0.2) is 44.1 Å². The molecular formula is C15H20N6O. The van der Waals surface area contributed by atoms with Crippen LogP contribution in [0.2, 0.25) is 0 Å². The predicted octanol–water partition coefficient (Wildman–Crippen LogP) is 1.54. The Balaban J connectivity index is 1.89. The van der Waals surface area contributed by atoms with Crippen molar-refractivity contribution >= 4 is 11.9 Å². The molecule has 22 heavy (non-hydrogen) atoms. The van der Waals surface area contributed by atoms with Crippen LogP contribution in [-0.2, 0) is 7.05 Å². The first kappa shape index (κ1) is 14.5. The van der Waals surface area contributed by atoms with Crippen molar-refractivity contribution in [1.29, 1.82) is 0 Å². The van der Waals surface area contributed by atoms with Gasteiger partial charge >= 0.3 is 0 Å². The summed E-state index contributed by atoms with van der Waals surface area (Å²) in [5.74, 6) is 0.425. The van der Waals surface area contributed by atoms with E-state index in [-0.39, 0.29) is 11.9 Å². The number of carbonyl (C=O) groups is 1. The van der Waals surface area contributed by atoms with Gasteiger partial charge in [-0.3, -0.25) is 9.48 Å². The maximum absolute atomic E-state index is 12.8. The first-order valence-corrected chi connectivity index (χ1v) is 7.41. The summed E-state index contributed by atoms with van der Waals surface area (Å²) in [5.41, 5.74) is 2.29. The number of anilines is 1. The number of nitrogens with zero attached hydrogens (tertiary/aromatic N) is 5. The highest BCUT2D eigenvalue weighted by Gasteiger charge is 2.32. The quantitative estimate of drug-likeness (QED) is 0.930. The molecule has 0 spiro atoms. The zero-order valence-electron chi connectivity index (χ0n) is 13.1. The number of likely N-dealkylation sites (tertiary alicyclic amines) is 1. The minimum atomic E-state index is -0.0478. The molecule has 1 fully saturated rings. The molecule has 0 aromatic carbocycles. The van der Waals surface area contributed by atoms with Gasteiger partial charge in [0.1, 0.15) is 5.69 Å². The van der Waals surface area contributed by atoms with Gasteiger partial charge < -0.3 is 10.2 Å². The molecule has 1 unspecified atom stereocenters. The van der Waals surface area contributed by atoms with Gasteiger partial charge in [0.25, 0.3) is 5.91 Å². The molecular weight excluding hydrogens is 280 g/mol. The van der Waals surface area contributed by atoms with E-state index in [1.54, 1.807) is 17.8 Å². The molecule has 0 aliphatic carbocycles. The lowest BCUT2D eigenvalue weighted by atomic mass is 10.1. The van der Waals surface area contributed by atoms with Crippen molar-refractivity contribution in [2.75, 3.05) is 18.9 Å². The summed E-state index contributed by atoms with van der Waals surface area (Å²) in [6, 6.07) is 1.82. The first-order chi connectivity index (χ1) is 10.6. The van der Waals surface area contributed by atoms with Crippen LogP contribution in [0, 0.1) is 6.92 Å². The van der Waals surface area contributed by atoms with Crippen molar-refractivity contribution in [2.45, 2.75) is 25.8 Å². The van der Waals surface area contributed by atoms with E-state index in [0.29, 0.717) is 11.6 Å². The molecule has 1 aliphatic heterocycles. The van der Waals surface area contributed by atoms with Gasteiger partial charge in [0.15, 0.2) is 0 Å². The van der Waals surface area contributed by atoms with Gasteiger partial charge in [-0.15, -0.1) is 0 Å². The molecule has 1 saturated heterocycles. The maximum Gasteiger partial charge on any atom is 0.273 e. The smallest absolute Gasteiger partial charge is 0.273 e. The molecule has 1 aliphatic rings. The SMILES string of the molecule is CNc1nc(C)cc(C(=O)N2CCCC2c2cnn(C)c2)n1. The van der Waals surface area contributed by atoms with E-state index in [2.05, 4.69) is 20.4 Å². The van der Waals surface area contributed by atoms with E-state index in [1.807, 2.05) is 31.3 Å². The van der Waals surface area contributed by atoms with Crippen molar-refractivity contribution in [3.05, 3.63) is 35.4 Å². The Morgan fingerprint density at radius 1 is 1.41 bits per heavy atom. The van der Waals surface area contributed by atoms with E-state index in [4.69, 9.17) is 0 Å². The fourth-order valence-electron chi connectivity index (χ4n) is 2.91. The van der Waals surface area contributed by atoms with Crippen LogP contribution in [0.15, 0.2) is 18.5 Å². The summed E-state index contributed by atoms with van der Waals surface area (Å²) in [6.45, 7) is 2.61. The van der Waals surface area contributed by atoms with Crippen LogP contribution in [0.1, 0.15) is 40.6 Å². The molecule has 0 bridgehead atoms. The highest BCUT2D eigenvalue weighted by Crippen LogP contribution is 2.32. The van der Waals surface area contributed by atoms with E-state index in [9.17, 15) is 4.79 Å². The van der Waals surface area contributed by atoms with Gasteiger partial charge in [0.05, 0.1) is 12.2 Å². The van der Waals surface area contributed by atoms with Crippen LogP contribution in [0.25, 0.3) is 0 Å². The van der Waals surface area contributed by atoms with E-state index in [1.165, 1.54) is 0 Å². The average Bonchev–Trinajstić information content (AvgIpc) is 3.14. The summed E-state index contributed by atoms with van der Waals surface area (Å²) in [5, 5.41) is 7.11. The second-order valence-corrected chi connectivity index (χ2v) is 5.57. The van der Waals surface area contributed by atoms with Crippen LogP contribution in [0.4, 0.5) is 5.95 Å². The monoisotopic (exact) mass is 300 g/mol. The zero-order chi connectivity index (χ0) is 15.7. The van der Waals surface area contributed by atoms with Gasteiger partial charge in [0.2, 0.25) is 5.95 Å². The molecule has 3 rings (SSSR count). The van der Waals surface area contributed by atoms with Gasteiger partial charge in [0, 0.05) is 38.1 Å². The molecule has 1 N–H and O–H groups in total. The summed E-state index contributed by atoms with van der Waals surface area (Å²) in [7, 11) is 3.63. The molecule has 7 heteroatoms. The molecule has 0 saturated carbocycles. The number of amides is 1. The second kappa shape index (κ2) is 5.75. The van der Waals surface area contributed by atoms with Crippen molar-refractivity contribution in [3.8, 4) is 0 Å². The number of aryl methyl sites for hydroxylation is 2. The number of nitrogens with one attached hydrogen (secondary N) is 1. The predicted molar refractivity (Wildman–Crippen MR) is 82.5 cm³/mol. The molecule has 2 aromatic rings. The van der Waals surface area contributed by atoms with Crippen LogP contribution >= 0.6 is 0 Å². The molecule has 0 radical (unpaired) electrons. The molecule has 2 aromatic heterocycles. The fourth-order valence-corrected chi connectivity index (χ4v) is 2.91. The Kier molecular flexibility index (Phi) is 3.79. The Morgan fingerprint density at radius 2 is 2.23 bits per heavy atom. The van der Waals surface area contributed by atoms with E-state index >= 15 is 0 Å². The third kappa shape index (κ3) is 2.66. The molecule has 1 atom stereocenters. The Morgan fingerprint density at radius 3 is 2.91 bits per heavy atom. The Hall–Kier alpha value is -2.44. The lowest BCUT2D eigenvalue weighted by molar-refractivity contribution is 0.0729. The van der Waals surface area contributed by atoms with Crippen molar-refractivity contribution in [3.63, 3.8) is 0 Å². The van der Waals surface area contributed by atoms with Crippen molar-refractivity contribution < 1.29 is 4.79 Å². The lowest BCUT2D eigenvalue weighted by Crippen LogP contribution is -2.31. The number of hydrogen-bond acceptors (Lipinski definition) is 5. The highest BCUT2D eigenvalue weighted by atomic mass is 16.2. The second-order valence-electron chi connectivity index (χ2n) is 5.57. The minimum Gasteiger partial charge on any atom is -0.357 e. The normalized spacial score (nSPS) is 17.8. The Bertz CT molecular complexity index is 695. The van der Waals surface area contributed by atoms with Gasteiger partial charge in [-0.2, -0.15) is 5.10 Å². The Labute approximate surface area is 129 Å². The molecule has 3 heterocycles. The van der Waals surface area contributed by atoms with Gasteiger partial charge in [-0.05, 0) is 25.8 Å². The van der Waals surface area contributed by atoms with Crippen LogP contribution in [0.5, 0.6) is 0 Å². The third-order valence-electron chi connectivity index (χ3n) is 3.92. The lowest BCUT2D eigenvalue weighted by Gasteiger charge is -2.23. The van der Waals surface area contributed by atoms with Crippen molar-refractivity contribution in [2.24, 2.45) is 7.05 Å². The molecule has 116 valence electrons. The largest absolute Gasteiger partial charge is 0.357 e. The van der Waals surface area contributed by atoms with E-state index < -0.39 is 0 Å². The molecule has 1 amide bonds. The first-order valence-electron chi connectivity index (χ1n) is 7.41. The third-order valence-corrected chi connectivity index (χ3v) is 3.92. The standard InChI is InChI=1S/C15H20N6O/c1-10-7-12(19-15(16-2)18-10)14(22)21-6-4-5-13(21)11-8-17-20(3)9-11/h7-9,13H,4-6H2,1-3H3,(H,16,18,19). The van der Waals surface area contributed by atoms with Crippen LogP contribution in [0.3, 0.4) is 0 Å². The number of hydrogen-bond donors (Lipinski definition) is 1. The number of rotatable bonds is 3. The summed E-state index contributed by atoms with van der Waals surface area (Å²) in [6.07, 6.45) is 5.76. The zero-order valence-corrected chi connectivity index (χ0v) is 13.1. The topological polar surface area (TPSA) is 75.9 Å². The average molecular weight is 300 g/mol. The minimum absolute atomic E-state index is 0.0478. The maximum atomic E-state index is 12.8. The number of carbonyl (C=O) groups excluding carboxylic acids is 1.